The second-order valence-electron chi connectivity index (χ2n) is 6.99. The molecule has 9 heteroatoms. The van der Waals surface area contributed by atoms with Crippen LogP contribution in [0.5, 0.6) is 5.75 Å². The zero-order valence-electron chi connectivity index (χ0n) is 16.0. The normalized spacial score (nSPS) is 24.7. The Morgan fingerprint density at radius 3 is 2.75 bits per heavy atom. The van der Waals surface area contributed by atoms with Crippen molar-refractivity contribution in [2.24, 2.45) is 10.9 Å². The highest BCUT2D eigenvalue weighted by Gasteiger charge is 2.43. The van der Waals surface area contributed by atoms with E-state index in [0.29, 0.717) is 18.1 Å². The molecule has 2 fully saturated rings. The van der Waals surface area contributed by atoms with Crippen molar-refractivity contribution in [1.29, 1.82) is 0 Å². The number of rotatable bonds is 6. The zero-order chi connectivity index (χ0) is 19.4. The van der Waals surface area contributed by atoms with Crippen molar-refractivity contribution in [3.63, 3.8) is 0 Å². The Morgan fingerprint density at radius 2 is 2.07 bits per heavy atom. The maximum absolute atomic E-state index is 12.6. The Kier molecular flexibility index (Phi) is 8.23. The second-order valence-corrected chi connectivity index (χ2v) is 6.99. The SMILES string of the molecule is CCOCC1CCN(C(=NC)NC2CC2c2ccccc2OC(F)(F)F)C1.I. The number of aliphatic imine (C=N–C) groups is 1. The Hall–Kier alpha value is -1.23. The van der Waals surface area contributed by atoms with Crippen LogP contribution < -0.4 is 10.1 Å². The Labute approximate surface area is 180 Å². The summed E-state index contributed by atoms with van der Waals surface area (Å²) in [6.45, 7) is 5.24. The number of halogens is 4. The van der Waals surface area contributed by atoms with Gasteiger partial charge in [-0.3, -0.25) is 4.99 Å². The Morgan fingerprint density at radius 1 is 1.32 bits per heavy atom. The van der Waals surface area contributed by atoms with Crippen molar-refractivity contribution in [1.82, 2.24) is 10.2 Å². The van der Waals surface area contributed by atoms with Gasteiger partial charge in [0.15, 0.2) is 5.96 Å². The molecule has 0 amide bonds. The van der Waals surface area contributed by atoms with Crippen LogP contribution in [0.25, 0.3) is 0 Å². The van der Waals surface area contributed by atoms with Crippen LogP contribution >= 0.6 is 24.0 Å². The molecule has 158 valence electrons. The summed E-state index contributed by atoms with van der Waals surface area (Å²) in [7, 11) is 1.73. The van der Waals surface area contributed by atoms with E-state index in [1.165, 1.54) is 6.07 Å². The monoisotopic (exact) mass is 513 g/mol. The zero-order valence-corrected chi connectivity index (χ0v) is 18.4. The largest absolute Gasteiger partial charge is 0.573 e. The van der Waals surface area contributed by atoms with E-state index < -0.39 is 6.36 Å². The molecule has 3 atom stereocenters. The van der Waals surface area contributed by atoms with Crippen LogP contribution in [0.15, 0.2) is 29.3 Å². The number of hydrogen-bond acceptors (Lipinski definition) is 3. The summed E-state index contributed by atoms with van der Waals surface area (Å²) < 4.78 is 47.6. The highest BCUT2D eigenvalue weighted by molar-refractivity contribution is 14.0. The van der Waals surface area contributed by atoms with Gasteiger partial charge in [0.2, 0.25) is 0 Å². The molecule has 0 radical (unpaired) electrons. The number of para-hydroxylation sites is 1. The number of guanidine groups is 1. The molecule has 2 aliphatic rings. The topological polar surface area (TPSA) is 46.1 Å². The molecule has 1 aromatic carbocycles. The fourth-order valence-electron chi connectivity index (χ4n) is 3.61. The van der Waals surface area contributed by atoms with Gasteiger partial charge in [0.05, 0.1) is 6.61 Å². The predicted molar refractivity (Wildman–Crippen MR) is 112 cm³/mol. The second kappa shape index (κ2) is 10.00. The first-order valence-corrected chi connectivity index (χ1v) is 9.32. The summed E-state index contributed by atoms with van der Waals surface area (Å²) in [6.07, 6.45) is -2.88. The average Bonchev–Trinajstić information content (AvgIpc) is 3.22. The third-order valence-electron chi connectivity index (χ3n) is 5.00. The number of nitrogens with one attached hydrogen (secondary N) is 1. The summed E-state index contributed by atoms with van der Waals surface area (Å²) >= 11 is 0. The molecule has 0 spiro atoms. The van der Waals surface area contributed by atoms with E-state index in [2.05, 4.69) is 19.9 Å². The highest BCUT2D eigenvalue weighted by atomic mass is 127. The third-order valence-corrected chi connectivity index (χ3v) is 5.00. The van der Waals surface area contributed by atoms with Gasteiger partial charge in [-0.05, 0) is 31.4 Å². The first-order valence-electron chi connectivity index (χ1n) is 9.32. The van der Waals surface area contributed by atoms with Crippen LogP contribution in [0, 0.1) is 5.92 Å². The first-order chi connectivity index (χ1) is 12.9. The van der Waals surface area contributed by atoms with Crippen molar-refractivity contribution in [3.8, 4) is 5.75 Å². The molecule has 1 N–H and O–H groups in total. The molecule has 1 aliphatic carbocycles. The quantitative estimate of drug-likeness (QED) is 0.355. The van der Waals surface area contributed by atoms with Crippen LogP contribution in [-0.2, 0) is 4.74 Å². The standard InChI is InChI=1S/C19H26F3N3O2.HI/c1-3-26-12-13-8-9-25(11-13)18(23-2)24-16-10-15(16)14-6-4-5-7-17(14)27-19(20,21)22;/h4-7,13,15-16H,3,8-12H2,1-2H3,(H,23,24);1H. The van der Waals surface area contributed by atoms with Gasteiger partial charge in [-0.1, -0.05) is 18.2 Å². The summed E-state index contributed by atoms with van der Waals surface area (Å²) in [6, 6.07) is 6.42. The Bertz CT molecular complexity index is 672. The maximum atomic E-state index is 12.6. The molecule has 1 saturated heterocycles. The predicted octanol–water partition coefficient (Wildman–Crippen LogP) is 3.99. The molecule has 28 heavy (non-hydrogen) atoms. The first kappa shape index (κ1) is 23.1. The van der Waals surface area contributed by atoms with Crippen molar-refractivity contribution in [2.75, 3.05) is 33.4 Å². The lowest BCUT2D eigenvalue weighted by Crippen LogP contribution is -2.41. The van der Waals surface area contributed by atoms with Crippen LogP contribution in [0.2, 0.25) is 0 Å². The number of alkyl halides is 3. The number of hydrogen-bond donors (Lipinski definition) is 1. The van der Waals surface area contributed by atoms with Gasteiger partial charge in [-0.25, -0.2) is 0 Å². The van der Waals surface area contributed by atoms with E-state index in [1.807, 2.05) is 6.92 Å². The maximum Gasteiger partial charge on any atom is 0.573 e. The average molecular weight is 513 g/mol. The van der Waals surface area contributed by atoms with E-state index in [0.717, 1.165) is 38.5 Å². The molecular weight excluding hydrogens is 486 g/mol. The minimum Gasteiger partial charge on any atom is -0.405 e. The minimum atomic E-state index is -4.69. The fourth-order valence-corrected chi connectivity index (χ4v) is 3.61. The lowest BCUT2D eigenvalue weighted by atomic mass is 10.1. The van der Waals surface area contributed by atoms with Gasteiger partial charge in [0.1, 0.15) is 5.75 Å². The number of nitrogens with zero attached hydrogens (tertiary/aromatic N) is 2. The van der Waals surface area contributed by atoms with Crippen LogP contribution in [0.1, 0.15) is 31.2 Å². The third kappa shape index (κ3) is 6.13. The lowest BCUT2D eigenvalue weighted by Gasteiger charge is -2.22. The fraction of sp³-hybridized carbons (Fsp3) is 0.632. The van der Waals surface area contributed by atoms with Crippen molar-refractivity contribution in [3.05, 3.63) is 29.8 Å². The number of benzene rings is 1. The highest BCUT2D eigenvalue weighted by Crippen LogP contribution is 2.45. The van der Waals surface area contributed by atoms with Crippen LogP contribution in [-0.4, -0.2) is 56.6 Å². The molecule has 0 bridgehead atoms. The van der Waals surface area contributed by atoms with Crippen LogP contribution in [0.3, 0.4) is 0 Å². The van der Waals surface area contributed by atoms with Gasteiger partial charge in [-0.15, -0.1) is 37.1 Å². The van der Waals surface area contributed by atoms with Gasteiger partial charge in [0.25, 0.3) is 0 Å². The van der Waals surface area contributed by atoms with Crippen molar-refractivity contribution >= 4 is 29.9 Å². The lowest BCUT2D eigenvalue weighted by molar-refractivity contribution is -0.274. The molecule has 1 aliphatic heterocycles. The summed E-state index contributed by atoms with van der Waals surface area (Å²) in [5.74, 6) is 1.16. The summed E-state index contributed by atoms with van der Waals surface area (Å²) in [4.78, 5) is 6.55. The molecular formula is C19H27F3IN3O2. The Balaban J connectivity index is 0.00000280. The van der Waals surface area contributed by atoms with Gasteiger partial charge in [0, 0.05) is 44.6 Å². The molecule has 5 nitrogen and oxygen atoms in total. The number of likely N-dealkylation sites (tertiary alicyclic amines) is 1. The van der Waals surface area contributed by atoms with E-state index in [9.17, 15) is 13.2 Å². The molecule has 3 rings (SSSR count). The number of ether oxygens (including phenoxy) is 2. The molecule has 1 aromatic rings. The van der Waals surface area contributed by atoms with Gasteiger partial charge >= 0.3 is 6.36 Å². The smallest absolute Gasteiger partial charge is 0.405 e. The van der Waals surface area contributed by atoms with E-state index in [-0.39, 0.29) is 41.7 Å². The van der Waals surface area contributed by atoms with E-state index in [1.54, 1.807) is 25.2 Å². The minimum absolute atomic E-state index is 0. The summed E-state index contributed by atoms with van der Waals surface area (Å²) in [5.41, 5.74) is 0.582. The molecule has 1 heterocycles. The summed E-state index contributed by atoms with van der Waals surface area (Å²) in [5, 5.41) is 3.40. The van der Waals surface area contributed by atoms with Crippen molar-refractivity contribution < 1.29 is 22.6 Å². The molecule has 1 saturated carbocycles. The van der Waals surface area contributed by atoms with Gasteiger partial charge < -0.3 is 19.7 Å². The van der Waals surface area contributed by atoms with Gasteiger partial charge in [-0.2, -0.15) is 0 Å². The van der Waals surface area contributed by atoms with Crippen molar-refractivity contribution in [2.45, 2.75) is 38.1 Å². The van der Waals surface area contributed by atoms with E-state index >= 15 is 0 Å². The van der Waals surface area contributed by atoms with Crippen LogP contribution in [0.4, 0.5) is 13.2 Å². The van der Waals surface area contributed by atoms with E-state index in [4.69, 9.17) is 4.74 Å². The molecule has 3 unspecified atom stereocenters. The molecule has 0 aromatic heterocycles.